The van der Waals surface area contributed by atoms with Gasteiger partial charge in [-0.1, -0.05) is 18.7 Å². The van der Waals surface area contributed by atoms with Crippen molar-refractivity contribution in [1.82, 2.24) is 9.97 Å². The predicted molar refractivity (Wildman–Crippen MR) is 75.2 cm³/mol. The molecule has 0 saturated heterocycles. The van der Waals surface area contributed by atoms with Crippen LogP contribution in [0.4, 0.5) is 0 Å². The topological polar surface area (TPSA) is 69.5 Å². The van der Waals surface area contributed by atoms with Crippen molar-refractivity contribution in [2.24, 2.45) is 0 Å². The minimum absolute atomic E-state index is 0.0706. The second-order valence-corrected chi connectivity index (χ2v) is 5.97. The first-order valence-corrected chi connectivity index (χ1v) is 7.57. The van der Waals surface area contributed by atoms with E-state index in [9.17, 15) is 4.79 Å². The summed E-state index contributed by atoms with van der Waals surface area (Å²) in [5.41, 5.74) is -0.0706. The SMILES string of the molecule is CCc1cc2c(=O)[nH]c(SCCCC#N)nc2s1. The second kappa shape index (κ2) is 6.03. The lowest BCUT2D eigenvalue weighted by Crippen LogP contribution is -2.07. The number of hydrogen-bond acceptors (Lipinski definition) is 5. The van der Waals surface area contributed by atoms with Crippen LogP contribution in [-0.2, 0) is 6.42 Å². The number of aromatic nitrogens is 2. The molecule has 0 aliphatic carbocycles. The molecule has 0 amide bonds. The molecule has 0 aromatic carbocycles. The number of unbranched alkanes of at least 4 members (excludes halogenated alkanes) is 1. The summed E-state index contributed by atoms with van der Waals surface area (Å²) in [6, 6.07) is 4.01. The molecule has 2 rings (SSSR count). The normalized spacial score (nSPS) is 10.7. The Balaban J connectivity index is 2.20. The van der Waals surface area contributed by atoms with Gasteiger partial charge in [0.15, 0.2) is 5.16 Å². The molecule has 2 aromatic heterocycles. The van der Waals surface area contributed by atoms with Crippen LogP contribution in [0, 0.1) is 11.3 Å². The molecule has 0 bridgehead atoms. The molecule has 0 atom stereocenters. The van der Waals surface area contributed by atoms with Crippen LogP contribution < -0.4 is 5.56 Å². The van der Waals surface area contributed by atoms with E-state index in [0.29, 0.717) is 17.0 Å². The average Bonchev–Trinajstić information content (AvgIpc) is 2.78. The predicted octanol–water partition coefficient (Wildman–Crippen LogP) is 2.94. The number of thiophene rings is 1. The minimum Gasteiger partial charge on any atom is -0.301 e. The highest BCUT2D eigenvalue weighted by Gasteiger charge is 2.08. The maximum absolute atomic E-state index is 11.9. The summed E-state index contributed by atoms with van der Waals surface area (Å²) in [6.07, 6.45) is 2.27. The van der Waals surface area contributed by atoms with Gasteiger partial charge < -0.3 is 4.98 Å². The molecular weight excluding hydrogens is 266 g/mol. The molecule has 0 aliphatic heterocycles. The summed E-state index contributed by atoms with van der Waals surface area (Å²) in [5, 5.41) is 9.77. The molecule has 0 spiro atoms. The van der Waals surface area contributed by atoms with Gasteiger partial charge in [-0.2, -0.15) is 5.26 Å². The summed E-state index contributed by atoms with van der Waals surface area (Å²) in [4.78, 5) is 21.1. The van der Waals surface area contributed by atoms with Crippen molar-refractivity contribution < 1.29 is 0 Å². The second-order valence-electron chi connectivity index (χ2n) is 3.77. The van der Waals surface area contributed by atoms with Gasteiger partial charge in [-0.15, -0.1) is 11.3 Å². The fourth-order valence-electron chi connectivity index (χ4n) is 1.52. The van der Waals surface area contributed by atoms with E-state index in [0.717, 1.165) is 23.4 Å². The lowest BCUT2D eigenvalue weighted by Gasteiger charge is -1.98. The Morgan fingerprint density at radius 3 is 3.17 bits per heavy atom. The van der Waals surface area contributed by atoms with Gasteiger partial charge in [-0.05, 0) is 18.9 Å². The van der Waals surface area contributed by atoms with Crippen LogP contribution in [0.2, 0.25) is 0 Å². The molecule has 0 unspecified atom stereocenters. The van der Waals surface area contributed by atoms with Crippen LogP contribution in [0.15, 0.2) is 16.0 Å². The van der Waals surface area contributed by atoms with Crippen LogP contribution in [0.5, 0.6) is 0 Å². The first kappa shape index (κ1) is 13.1. The standard InChI is InChI=1S/C12H13N3OS2/c1-2-8-7-9-10(16)14-12(15-11(9)18-8)17-6-4-3-5-13/h7H,2-4,6H2,1H3,(H,14,15,16). The van der Waals surface area contributed by atoms with Crippen LogP contribution in [0.25, 0.3) is 10.2 Å². The minimum atomic E-state index is -0.0706. The van der Waals surface area contributed by atoms with E-state index in [1.807, 2.05) is 6.07 Å². The largest absolute Gasteiger partial charge is 0.301 e. The zero-order chi connectivity index (χ0) is 13.0. The van der Waals surface area contributed by atoms with Crippen molar-refractivity contribution >= 4 is 33.3 Å². The summed E-state index contributed by atoms with van der Waals surface area (Å²) in [5.74, 6) is 0.800. The fourth-order valence-corrected chi connectivity index (χ4v) is 3.35. The third-order valence-electron chi connectivity index (χ3n) is 2.45. The zero-order valence-corrected chi connectivity index (χ0v) is 11.7. The molecule has 0 radical (unpaired) electrons. The van der Waals surface area contributed by atoms with E-state index in [2.05, 4.69) is 23.0 Å². The number of aromatic amines is 1. The number of rotatable bonds is 5. The molecule has 0 saturated carbocycles. The number of nitrogens with one attached hydrogen (secondary N) is 1. The van der Waals surface area contributed by atoms with Gasteiger partial charge in [0.1, 0.15) is 4.83 Å². The number of nitrogens with zero attached hydrogens (tertiary/aromatic N) is 2. The third kappa shape index (κ3) is 2.92. The highest BCUT2D eigenvalue weighted by atomic mass is 32.2. The summed E-state index contributed by atoms with van der Waals surface area (Å²) in [6.45, 7) is 2.07. The number of H-pyrrole nitrogens is 1. The Morgan fingerprint density at radius 1 is 1.61 bits per heavy atom. The quantitative estimate of drug-likeness (QED) is 0.519. The lowest BCUT2D eigenvalue weighted by molar-refractivity contribution is 0.951. The Hall–Kier alpha value is -1.32. The van der Waals surface area contributed by atoms with Crippen molar-refractivity contribution in [2.75, 3.05) is 5.75 Å². The van der Waals surface area contributed by atoms with Gasteiger partial charge in [0.05, 0.1) is 11.5 Å². The van der Waals surface area contributed by atoms with Gasteiger partial charge in [0, 0.05) is 17.1 Å². The van der Waals surface area contributed by atoms with Crippen molar-refractivity contribution in [2.45, 2.75) is 31.3 Å². The zero-order valence-electron chi connectivity index (χ0n) is 10.0. The highest BCUT2D eigenvalue weighted by Crippen LogP contribution is 2.23. The molecular formula is C12H13N3OS2. The third-order valence-corrected chi connectivity index (χ3v) is 4.58. The monoisotopic (exact) mass is 279 g/mol. The Kier molecular flexibility index (Phi) is 4.39. The maximum atomic E-state index is 11.9. The van der Waals surface area contributed by atoms with Crippen molar-refractivity contribution in [3.8, 4) is 6.07 Å². The Morgan fingerprint density at radius 2 is 2.44 bits per heavy atom. The van der Waals surface area contributed by atoms with Crippen molar-refractivity contribution in [3.05, 3.63) is 21.3 Å². The number of fused-ring (bicyclic) bond motifs is 1. The maximum Gasteiger partial charge on any atom is 0.260 e. The van der Waals surface area contributed by atoms with Gasteiger partial charge >= 0.3 is 0 Å². The van der Waals surface area contributed by atoms with Crippen LogP contribution in [-0.4, -0.2) is 15.7 Å². The molecule has 0 fully saturated rings. The molecule has 4 nitrogen and oxygen atoms in total. The van der Waals surface area contributed by atoms with Gasteiger partial charge in [-0.3, -0.25) is 4.79 Å². The number of aryl methyl sites for hydroxylation is 1. The van der Waals surface area contributed by atoms with E-state index in [1.54, 1.807) is 11.3 Å². The molecule has 18 heavy (non-hydrogen) atoms. The van der Waals surface area contributed by atoms with E-state index in [-0.39, 0.29) is 5.56 Å². The van der Waals surface area contributed by atoms with Crippen molar-refractivity contribution in [1.29, 1.82) is 5.26 Å². The molecule has 2 heterocycles. The van der Waals surface area contributed by atoms with Gasteiger partial charge in [0.25, 0.3) is 5.56 Å². The van der Waals surface area contributed by atoms with E-state index in [4.69, 9.17) is 5.26 Å². The first-order chi connectivity index (χ1) is 8.74. The summed E-state index contributed by atoms with van der Waals surface area (Å²) < 4.78 is 0. The van der Waals surface area contributed by atoms with Crippen LogP contribution >= 0.6 is 23.1 Å². The molecule has 0 aliphatic rings. The summed E-state index contributed by atoms with van der Waals surface area (Å²) >= 11 is 3.07. The smallest absolute Gasteiger partial charge is 0.260 e. The molecule has 94 valence electrons. The number of hydrogen-bond donors (Lipinski definition) is 1. The molecule has 6 heteroatoms. The Bertz CT molecular complexity index is 639. The van der Waals surface area contributed by atoms with E-state index >= 15 is 0 Å². The molecule has 1 N–H and O–H groups in total. The van der Waals surface area contributed by atoms with Crippen LogP contribution in [0.1, 0.15) is 24.6 Å². The molecule has 2 aromatic rings. The summed E-state index contributed by atoms with van der Waals surface area (Å²) in [7, 11) is 0. The Labute approximate surface area is 113 Å². The number of thioether (sulfide) groups is 1. The van der Waals surface area contributed by atoms with Crippen molar-refractivity contribution in [3.63, 3.8) is 0 Å². The lowest BCUT2D eigenvalue weighted by atomic mass is 10.3. The van der Waals surface area contributed by atoms with Gasteiger partial charge in [0.2, 0.25) is 0 Å². The number of nitriles is 1. The fraction of sp³-hybridized carbons (Fsp3) is 0.417. The first-order valence-electron chi connectivity index (χ1n) is 5.77. The average molecular weight is 279 g/mol. The van der Waals surface area contributed by atoms with E-state index in [1.165, 1.54) is 16.6 Å². The van der Waals surface area contributed by atoms with E-state index < -0.39 is 0 Å². The van der Waals surface area contributed by atoms with Crippen LogP contribution in [0.3, 0.4) is 0 Å². The van der Waals surface area contributed by atoms with Gasteiger partial charge in [-0.25, -0.2) is 4.98 Å². The highest BCUT2D eigenvalue weighted by molar-refractivity contribution is 7.99.